The van der Waals surface area contributed by atoms with Gasteiger partial charge in [-0.3, -0.25) is 4.57 Å². The highest BCUT2D eigenvalue weighted by Crippen LogP contribution is 2.27. The third-order valence-electron chi connectivity index (χ3n) is 5.06. The number of benzene rings is 2. The lowest BCUT2D eigenvalue weighted by atomic mass is 10.2. The number of nitrogens with one attached hydrogen (secondary N) is 1. The molecule has 0 spiro atoms. The topological polar surface area (TPSA) is 121 Å². The van der Waals surface area contributed by atoms with Crippen molar-refractivity contribution in [3.05, 3.63) is 89.9 Å². The standard InChI is InChI=1S/C24H22N8OS/c1-16-8-5-6-11-18(16)26-23-28-20(27-22(25)29-23)15-34-24-31-30-21(19-12-7-13-33-19)32(24)14-17-9-3-2-4-10-17/h2-13H,14-15H2,1H3,(H3,25,26,27,28,29). The van der Waals surface area contributed by atoms with E-state index in [-0.39, 0.29) is 5.95 Å². The van der Waals surface area contributed by atoms with Gasteiger partial charge < -0.3 is 15.5 Å². The minimum atomic E-state index is 0.156. The van der Waals surface area contributed by atoms with Crippen LogP contribution in [0.3, 0.4) is 0 Å². The summed E-state index contributed by atoms with van der Waals surface area (Å²) >= 11 is 1.48. The summed E-state index contributed by atoms with van der Waals surface area (Å²) in [5, 5.41) is 12.7. The second-order valence-corrected chi connectivity index (χ2v) is 8.46. The first-order chi connectivity index (χ1) is 16.7. The molecule has 3 N–H and O–H groups in total. The summed E-state index contributed by atoms with van der Waals surface area (Å²) in [7, 11) is 0. The molecule has 0 bridgehead atoms. The first-order valence-electron chi connectivity index (χ1n) is 10.6. The van der Waals surface area contributed by atoms with Crippen LogP contribution in [0, 0.1) is 6.92 Å². The number of nitrogens with two attached hydrogens (primary N) is 1. The maximum Gasteiger partial charge on any atom is 0.232 e. The van der Waals surface area contributed by atoms with Crippen molar-refractivity contribution >= 4 is 29.3 Å². The molecule has 0 aliphatic rings. The molecule has 0 fully saturated rings. The largest absolute Gasteiger partial charge is 0.461 e. The van der Waals surface area contributed by atoms with Crippen LogP contribution in [0.15, 0.2) is 82.6 Å². The van der Waals surface area contributed by atoms with E-state index in [4.69, 9.17) is 10.2 Å². The van der Waals surface area contributed by atoms with Gasteiger partial charge in [0.15, 0.2) is 10.9 Å². The van der Waals surface area contributed by atoms with Crippen LogP contribution in [0.25, 0.3) is 11.6 Å². The number of furan rings is 1. The van der Waals surface area contributed by atoms with Gasteiger partial charge in [-0.05, 0) is 36.2 Å². The molecule has 3 heterocycles. The zero-order chi connectivity index (χ0) is 23.3. The first kappa shape index (κ1) is 21.7. The molecule has 5 rings (SSSR count). The SMILES string of the molecule is Cc1ccccc1Nc1nc(N)nc(CSc2nnc(-c3ccco3)n2Cc2ccccc2)n1. The lowest BCUT2D eigenvalue weighted by Crippen LogP contribution is -2.08. The molecular formula is C24H22N8OS. The van der Waals surface area contributed by atoms with Crippen molar-refractivity contribution in [3.63, 3.8) is 0 Å². The van der Waals surface area contributed by atoms with Crippen molar-refractivity contribution in [2.75, 3.05) is 11.1 Å². The highest BCUT2D eigenvalue weighted by Gasteiger charge is 2.18. The molecule has 34 heavy (non-hydrogen) atoms. The molecule has 0 amide bonds. The Morgan fingerprint density at radius 3 is 2.56 bits per heavy atom. The molecule has 0 atom stereocenters. The van der Waals surface area contributed by atoms with E-state index in [1.54, 1.807) is 6.26 Å². The molecule has 0 saturated carbocycles. The average Bonchev–Trinajstić information content (AvgIpc) is 3.50. The highest BCUT2D eigenvalue weighted by atomic mass is 32.2. The molecule has 5 aromatic rings. The zero-order valence-electron chi connectivity index (χ0n) is 18.4. The molecule has 9 nitrogen and oxygen atoms in total. The van der Waals surface area contributed by atoms with Crippen LogP contribution >= 0.6 is 11.8 Å². The fraction of sp³-hybridized carbons (Fsp3) is 0.125. The number of nitrogen functional groups attached to an aromatic ring is 1. The second kappa shape index (κ2) is 9.75. The quantitative estimate of drug-likeness (QED) is 0.311. The average molecular weight is 471 g/mol. The Morgan fingerprint density at radius 2 is 1.76 bits per heavy atom. The molecule has 0 saturated heterocycles. The van der Waals surface area contributed by atoms with Crippen LogP contribution in [0.1, 0.15) is 17.0 Å². The van der Waals surface area contributed by atoms with Crippen LogP contribution in [0.2, 0.25) is 0 Å². The van der Waals surface area contributed by atoms with Gasteiger partial charge >= 0.3 is 0 Å². The Bertz CT molecular complexity index is 1390. The molecule has 0 radical (unpaired) electrons. The number of hydrogen-bond donors (Lipinski definition) is 2. The molecule has 0 aliphatic heterocycles. The van der Waals surface area contributed by atoms with Crippen LogP contribution in [-0.4, -0.2) is 29.7 Å². The summed E-state index contributed by atoms with van der Waals surface area (Å²) in [6.07, 6.45) is 1.63. The van der Waals surface area contributed by atoms with Crippen molar-refractivity contribution in [2.45, 2.75) is 24.4 Å². The van der Waals surface area contributed by atoms with E-state index >= 15 is 0 Å². The van der Waals surface area contributed by atoms with Gasteiger partial charge in [-0.1, -0.05) is 60.3 Å². The number of para-hydroxylation sites is 1. The number of aromatic nitrogens is 6. The Kier molecular flexibility index (Phi) is 6.21. The second-order valence-electron chi connectivity index (χ2n) is 7.52. The smallest absolute Gasteiger partial charge is 0.232 e. The van der Waals surface area contributed by atoms with Gasteiger partial charge in [-0.2, -0.15) is 15.0 Å². The predicted octanol–water partition coefficient (Wildman–Crippen LogP) is 4.70. The minimum absolute atomic E-state index is 0.156. The summed E-state index contributed by atoms with van der Waals surface area (Å²) in [5.74, 6) is 2.86. The van der Waals surface area contributed by atoms with Gasteiger partial charge in [0.25, 0.3) is 0 Å². The maximum atomic E-state index is 5.96. The third-order valence-corrected chi connectivity index (χ3v) is 6.03. The van der Waals surface area contributed by atoms with E-state index in [1.807, 2.05) is 66.1 Å². The Hall–Kier alpha value is -4.18. The third kappa shape index (κ3) is 4.91. The normalized spacial score (nSPS) is 11.0. The van der Waals surface area contributed by atoms with Gasteiger partial charge in [-0.15, -0.1) is 10.2 Å². The van der Waals surface area contributed by atoms with E-state index in [0.717, 1.165) is 22.0 Å². The summed E-state index contributed by atoms with van der Waals surface area (Å²) in [4.78, 5) is 13.1. The van der Waals surface area contributed by atoms with Crippen LogP contribution in [0.5, 0.6) is 0 Å². The van der Waals surface area contributed by atoms with E-state index in [2.05, 4.69) is 42.6 Å². The molecular weight excluding hydrogens is 448 g/mol. The predicted molar refractivity (Wildman–Crippen MR) is 132 cm³/mol. The molecule has 3 aromatic heterocycles. The van der Waals surface area contributed by atoms with Gasteiger partial charge in [0, 0.05) is 5.69 Å². The van der Waals surface area contributed by atoms with Gasteiger partial charge in [0.1, 0.15) is 5.82 Å². The van der Waals surface area contributed by atoms with Gasteiger partial charge in [-0.25, -0.2) is 0 Å². The highest BCUT2D eigenvalue weighted by molar-refractivity contribution is 7.98. The van der Waals surface area contributed by atoms with Crippen molar-refractivity contribution in [1.29, 1.82) is 0 Å². The monoisotopic (exact) mass is 470 g/mol. The fourth-order valence-corrected chi connectivity index (χ4v) is 4.21. The first-order valence-corrected chi connectivity index (χ1v) is 11.6. The summed E-state index contributed by atoms with van der Waals surface area (Å²) in [6.45, 7) is 2.62. The number of rotatable bonds is 8. The summed E-state index contributed by atoms with van der Waals surface area (Å²) in [5.41, 5.74) is 9.09. The van der Waals surface area contributed by atoms with Gasteiger partial charge in [0.05, 0.1) is 18.6 Å². The van der Waals surface area contributed by atoms with Crippen molar-refractivity contribution < 1.29 is 4.42 Å². The van der Waals surface area contributed by atoms with E-state index < -0.39 is 0 Å². The van der Waals surface area contributed by atoms with Crippen molar-refractivity contribution in [3.8, 4) is 11.6 Å². The van der Waals surface area contributed by atoms with Crippen LogP contribution in [-0.2, 0) is 12.3 Å². The zero-order valence-corrected chi connectivity index (χ0v) is 19.2. The van der Waals surface area contributed by atoms with E-state index in [1.165, 1.54) is 11.8 Å². The number of thioether (sulfide) groups is 1. The van der Waals surface area contributed by atoms with Crippen LogP contribution in [0.4, 0.5) is 17.6 Å². The van der Waals surface area contributed by atoms with Crippen molar-refractivity contribution in [2.24, 2.45) is 0 Å². The van der Waals surface area contributed by atoms with Gasteiger partial charge in [0.2, 0.25) is 17.7 Å². The number of anilines is 3. The lowest BCUT2D eigenvalue weighted by molar-refractivity contribution is 0.569. The Morgan fingerprint density at radius 1 is 0.941 bits per heavy atom. The number of hydrogen-bond acceptors (Lipinski definition) is 9. The number of aryl methyl sites for hydroxylation is 1. The summed E-state index contributed by atoms with van der Waals surface area (Å²) in [6, 6.07) is 21.8. The molecule has 2 aromatic carbocycles. The minimum Gasteiger partial charge on any atom is -0.461 e. The van der Waals surface area contributed by atoms with E-state index in [0.29, 0.717) is 35.7 Å². The molecule has 10 heteroatoms. The summed E-state index contributed by atoms with van der Waals surface area (Å²) < 4.78 is 7.61. The molecule has 0 aliphatic carbocycles. The van der Waals surface area contributed by atoms with Crippen molar-refractivity contribution in [1.82, 2.24) is 29.7 Å². The van der Waals surface area contributed by atoms with E-state index in [9.17, 15) is 0 Å². The molecule has 0 unspecified atom stereocenters. The van der Waals surface area contributed by atoms with Crippen LogP contribution < -0.4 is 11.1 Å². The number of nitrogens with zero attached hydrogens (tertiary/aromatic N) is 6. The fourth-order valence-electron chi connectivity index (χ4n) is 3.41. The Balaban J connectivity index is 1.39. The lowest BCUT2D eigenvalue weighted by Gasteiger charge is -2.10. The maximum absolute atomic E-state index is 5.96. The Labute approximate surface area is 200 Å². The molecule has 170 valence electrons.